The number of hydrogen-bond donors (Lipinski definition) is 1. The number of thioether (sulfide) groups is 1. The van der Waals surface area contributed by atoms with Crippen LogP contribution in [0.15, 0.2) is 59.9 Å². The van der Waals surface area contributed by atoms with E-state index in [1.54, 1.807) is 12.1 Å². The maximum absolute atomic E-state index is 14.7. The maximum Gasteiger partial charge on any atom is 0.248 e. The molecule has 1 atom stereocenters. The van der Waals surface area contributed by atoms with Crippen LogP contribution in [0.5, 0.6) is 0 Å². The third-order valence-electron chi connectivity index (χ3n) is 5.85. The smallest absolute Gasteiger partial charge is 0.248 e. The molecular weight excluding hydrogens is 442 g/mol. The summed E-state index contributed by atoms with van der Waals surface area (Å²) in [5, 5.41) is 0.434. The number of aromatic nitrogens is 3. The van der Waals surface area contributed by atoms with E-state index in [-0.39, 0.29) is 5.82 Å². The van der Waals surface area contributed by atoms with Gasteiger partial charge in [-0.25, -0.2) is 18.7 Å². The topological polar surface area (TPSA) is 73.8 Å². The Morgan fingerprint density at radius 2 is 1.79 bits per heavy atom. The van der Waals surface area contributed by atoms with Crippen molar-refractivity contribution in [3.63, 3.8) is 0 Å². The molecule has 0 bridgehead atoms. The average molecular weight is 467 g/mol. The lowest BCUT2D eigenvalue weighted by Crippen LogP contribution is -2.48. The standard InChI is InChI=1S/C25H24F2N4OS/c1-4-25(23(28)32,20-11-15(2)5-6-16(20)3)31-13-19(27)12-21-22(31)30-24(29-21)33-14-17-7-9-18(26)10-8-17/h5-13H,4,14H2,1-3H3,(H2,28,32). The fraction of sp³-hybridized carbons (Fsp3) is 0.240. The van der Waals surface area contributed by atoms with Crippen LogP contribution in [-0.2, 0) is 16.1 Å². The summed E-state index contributed by atoms with van der Waals surface area (Å²) in [6, 6.07) is 13.3. The van der Waals surface area contributed by atoms with Gasteiger partial charge >= 0.3 is 0 Å². The molecule has 2 aliphatic heterocycles. The molecule has 1 unspecified atom stereocenters. The molecule has 4 rings (SSSR count). The molecule has 0 aliphatic carbocycles. The van der Waals surface area contributed by atoms with Crippen LogP contribution in [0, 0.1) is 25.5 Å². The highest BCUT2D eigenvalue weighted by Crippen LogP contribution is 2.38. The van der Waals surface area contributed by atoms with Gasteiger partial charge in [-0.05, 0) is 49.1 Å². The van der Waals surface area contributed by atoms with Gasteiger partial charge in [-0.1, -0.05) is 54.6 Å². The normalized spacial score (nSPS) is 13.2. The molecule has 170 valence electrons. The lowest BCUT2D eigenvalue weighted by Gasteiger charge is -2.35. The molecular formula is C25H24F2N4OS. The molecule has 33 heavy (non-hydrogen) atoms. The number of nitrogens with zero attached hydrogens (tertiary/aromatic N) is 3. The second-order valence-electron chi connectivity index (χ2n) is 8.05. The van der Waals surface area contributed by atoms with E-state index >= 15 is 0 Å². The van der Waals surface area contributed by atoms with Crippen LogP contribution in [0.2, 0.25) is 0 Å². The van der Waals surface area contributed by atoms with Crippen LogP contribution in [-0.4, -0.2) is 20.4 Å². The molecule has 2 aliphatic rings. The summed E-state index contributed by atoms with van der Waals surface area (Å²) in [5.41, 5.74) is 8.44. The Kier molecular flexibility index (Phi) is 6.21. The zero-order valence-corrected chi connectivity index (χ0v) is 19.4. The van der Waals surface area contributed by atoms with Crippen molar-refractivity contribution in [2.24, 2.45) is 5.73 Å². The van der Waals surface area contributed by atoms with Crippen LogP contribution in [0.1, 0.15) is 35.6 Å². The van der Waals surface area contributed by atoms with Crippen molar-refractivity contribution >= 4 is 17.7 Å². The Hall–Kier alpha value is -3.26. The highest BCUT2D eigenvalue weighted by atomic mass is 32.2. The number of amides is 1. The van der Waals surface area contributed by atoms with E-state index in [2.05, 4.69) is 9.97 Å². The summed E-state index contributed by atoms with van der Waals surface area (Å²) in [6.45, 7) is 5.68. The zero-order chi connectivity index (χ0) is 23.8. The van der Waals surface area contributed by atoms with Gasteiger partial charge < -0.3 is 10.3 Å². The van der Waals surface area contributed by atoms with Crippen molar-refractivity contribution in [3.8, 4) is 11.5 Å². The van der Waals surface area contributed by atoms with Crippen LogP contribution in [0.25, 0.3) is 11.5 Å². The second-order valence-corrected chi connectivity index (χ2v) is 9.00. The zero-order valence-electron chi connectivity index (χ0n) is 18.6. The number of benzene rings is 2. The average Bonchev–Trinajstić information content (AvgIpc) is 3.19. The Bertz CT molecular complexity index is 1290. The van der Waals surface area contributed by atoms with Gasteiger partial charge in [0.15, 0.2) is 11.0 Å². The molecule has 8 heteroatoms. The summed E-state index contributed by atoms with van der Waals surface area (Å²) >= 11 is 1.35. The van der Waals surface area contributed by atoms with Gasteiger partial charge in [0, 0.05) is 18.0 Å². The number of carbonyl (C=O) groups is 1. The quantitative estimate of drug-likeness (QED) is 0.380. The first-order valence-electron chi connectivity index (χ1n) is 10.6. The highest BCUT2D eigenvalue weighted by Gasteiger charge is 2.42. The fourth-order valence-electron chi connectivity index (χ4n) is 4.13. The first-order valence-corrected chi connectivity index (χ1v) is 11.5. The molecule has 0 radical (unpaired) electrons. The van der Waals surface area contributed by atoms with Gasteiger partial charge in [-0.3, -0.25) is 4.79 Å². The summed E-state index contributed by atoms with van der Waals surface area (Å²) in [5.74, 6) is -0.546. The number of rotatable bonds is 7. The van der Waals surface area contributed by atoms with Gasteiger partial charge in [0.05, 0.1) is 0 Å². The summed E-state index contributed by atoms with van der Waals surface area (Å²) in [6.07, 6.45) is 1.57. The van der Waals surface area contributed by atoms with Gasteiger partial charge in [0.25, 0.3) is 0 Å². The van der Waals surface area contributed by atoms with Gasteiger partial charge in [-0.2, -0.15) is 0 Å². The van der Waals surface area contributed by atoms with Crippen molar-refractivity contribution in [3.05, 3.63) is 88.6 Å². The third-order valence-corrected chi connectivity index (χ3v) is 6.77. The summed E-state index contributed by atoms with van der Waals surface area (Å²) in [7, 11) is 0. The number of pyridine rings is 1. The highest BCUT2D eigenvalue weighted by molar-refractivity contribution is 7.98. The first-order chi connectivity index (χ1) is 15.7. The number of hydrogen-bond acceptors (Lipinski definition) is 4. The van der Waals surface area contributed by atoms with Crippen LogP contribution < -0.4 is 5.73 Å². The minimum atomic E-state index is -1.33. The third kappa shape index (κ3) is 4.23. The predicted octanol–water partition coefficient (Wildman–Crippen LogP) is 5.21. The van der Waals surface area contributed by atoms with Crippen LogP contribution in [0.4, 0.5) is 8.78 Å². The van der Waals surface area contributed by atoms with Crippen LogP contribution >= 0.6 is 11.8 Å². The first kappa shape index (κ1) is 22.9. The molecule has 0 aromatic heterocycles. The van der Waals surface area contributed by atoms with E-state index in [0.717, 1.165) is 16.7 Å². The van der Waals surface area contributed by atoms with E-state index in [1.807, 2.05) is 39.0 Å². The van der Waals surface area contributed by atoms with Crippen molar-refractivity contribution in [1.29, 1.82) is 0 Å². The number of halogens is 2. The number of aryl methyl sites for hydroxylation is 2. The minimum absolute atomic E-state index is 0.302. The Morgan fingerprint density at radius 3 is 2.45 bits per heavy atom. The molecule has 0 fully saturated rings. The van der Waals surface area contributed by atoms with Crippen LogP contribution in [0.3, 0.4) is 0 Å². The number of primary amides is 1. The number of nitrogens with two attached hydrogens (primary N) is 1. The SMILES string of the molecule is CCC(C(N)=O)(c1cc(C)ccc1C)n1cc(F)cc2nc(SCc3ccc(F)cc3)nc1-2. The number of fused-ring (bicyclic) bond motifs is 1. The molecule has 0 saturated heterocycles. The lowest BCUT2D eigenvalue weighted by molar-refractivity contribution is -0.124. The Balaban J connectivity index is 1.83. The summed E-state index contributed by atoms with van der Waals surface area (Å²) < 4.78 is 29.4. The van der Waals surface area contributed by atoms with Gasteiger partial charge in [0.1, 0.15) is 22.9 Å². The van der Waals surface area contributed by atoms with E-state index in [0.29, 0.717) is 34.4 Å². The largest absolute Gasteiger partial charge is 0.367 e. The van der Waals surface area contributed by atoms with E-state index in [9.17, 15) is 13.6 Å². The molecule has 0 spiro atoms. The van der Waals surface area contributed by atoms with E-state index in [4.69, 9.17) is 5.73 Å². The summed E-state index contributed by atoms with van der Waals surface area (Å²) in [4.78, 5) is 22.1. The van der Waals surface area contributed by atoms with Crippen molar-refractivity contribution in [1.82, 2.24) is 14.5 Å². The Morgan fingerprint density at radius 1 is 1.06 bits per heavy atom. The number of carbonyl (C=O) groups excluding carboxylic acids is 1. The molecule has 2 heterocycles. The van der Waals surface area contributed by atoms with Gasteiger partial charge in [-0.15, -0.1) is 0 Å². The lowest BCUT2D eigenvalue weighted by atomic mass is 9.82. The molecule has 2 N–H and O–H groups in total. The van der Waals surface area contributed by atoms with E-state index < -0.39 is 17.3 Å². The second kappa shape index (κ2) is 8.94. The molecule has 2 aromatic rings. The van der Waals surface area contributed by atoms with Crippen molar-refractivity contribution in [2.75, 3.05) is 0 Å². The molecule has 2 aromatic carbocycles. The minimum Gasteiger partial charge on any atom is -0.367 e. The van der Waals surface area contributed by atoms with E-state index in [1.165, 1.54) is 40.7 Å². The van der Waals surface area contributed by atoms with Gasteiger partial charge in [0.2, 0.25) is 5.91 Å². The molecule has 1 amide bonds. The predicted molar refractivity (Wildman–Crippen MR) is 125 cm³/mol. The maximum atomic E-state index is 14.7. The Labute approximate surface area is 195 Å². The number of imidazole rings is 1. The molecule has 0 saturated carbocycles. The van der Waals surface area contributed by atoms with Crippen molar-refractivity contribution < 1.29 is 13.6 Å². The molecule has 5 nitrogen and oxygen atoms in total. The monoisotopic (exact) mass is 466 g/mol. The fourth-order valence-corrected chi connectivity index (χ4v) is 4.94. The van der Waals surface area contributed by atoms with Crippen molar-refractivity contribution in [2.45, 2.75) is 43.6 Å².